The van der Waals surface area contributed by atoms with E-state index in [0.29, 0.717) is 6.42 Å². The molecule has 0 aliphatic carbocycles. The molecule has 0 fully saturated rings. The van der Waals surface area contributed by atoms with Crippen LogP contribution >= 0.6 is 0 Å². The lowest BCUT2D eigenvalue weighted by atomic mass is 9.78. The summed E-state index contributed by atoms with van der Waals surface area (Å²) in [6.07, 6.45) is 0.356. The lowest BCUT2D eigenvalue weighted by Gasteiger charge is -2.33. The molecule has 0 aromatic carbocycles. The Labute approximate surface area is 82.5 Å². The summed E-state index contributed by atoms with van der Waals surface area (Å²) in [4.78, 5) is 0. The third-order valence-corrected chi connectivity index (χ3v) is 2.59. The van der Waals surface area contributed by atoms with Crippen molar-refractivity contribution in [3.8, 4) is 0 Å². The molecule has 2 nitrogen and oxygen atoms in total. The van der Waals surface area contributed by atoms with Crippen molar-refractivity contribution >= 4 is 0 Å². The van der Waals surface area contributed by atoms with Gasteiger partial charge in [-0.2, -0.15) is 0 Å². The van der Waals surface area contributed by atoms with Crippen molar-refractivity contribution in [2.45, 2.75) is 60.1 Å². The van der Waals surface area contributed by atoms with E-state index in [2.05, 4.69) is 20.8 Å². The molecule has 0 aliphatic rings. The molecule has 0 heterocycles. The maximum atomic E-state index is 9.84. The zero-order valence-electron chi connectivity index (χ0n) is 9.89. The number of aliphatic hydroxyl groups is 1. The van der Waals surface area contributed by atoms with Gasteiger partial charge in [-0.3, -0.25) is 0 Å². The second kappa shape index (κ2) is 3.97. The fraction of sp³-hybridized carbons (Fsp3) is 1.00. The van der Waals surface area contributed by atoms with Gasteiger partial charge in [-0.1, -0.05) is 41.5 Å². The summed E-state index contributed by atoms with van der Waals surface area (Å²) >= 11 is 0. The van der Waals surface area contributed by atoms with Crippen molar-refractivity contribution in [1.82, 2.24) is 0 Å². The van der Waals surface area contributed by atoms with Gasteiger partial charge in [0, 0.05) is 6.04 Å². The second-order valence-corrected chi connectivity index (χ2v) is 6.09. The Bertz CT molecular complexity index is 134. The molecule has 80 valence electrons. The summed E-state index contributed by atoms with van der Waals surface area (Å²) in [5.41, 5.74) is 6.00. The molecule has 0 aromatic heterocycles. The molecular formula is C11H25NO. The van der Waals surface area contributed by atoms with Crippen molar-refractivity contribution in [3.63, 3.8) is 0 Å². The van der Waals surface area contributed by atoms with E-state index < -0.39 is 0 Å². The Balaban J connectivity index is 4.15. The van der Waals surface area contributed by atoms with Crippen LogP contribution in [0.5, 0.6) is 0 Å². The molecule has 2 heteroatoms. The first-order valence-electron chi connectivity index (χ1n) is 4.99. The summed E-state index contributed by atoms with van der Waals surface area (Å²) in [6.45, 7) is 12.4. The standard InChI is InChI=1S/C11H25NO/c1-10(2,3)8(12)7-9(13)11(4,5)6/h8-9,13H,7,12H2,1-6H3/t8-,9-/m1/s1. The van der Waals surface area contributed by atoms with Crippen LogP contribution in [0.3, 0.4) is 0 Å². The van der Waals surface area contributed by atoms with Crippen molar-refractivity contribution in [2.24, 2.45) is 16.6 Å². The zero-order valence-corrected chi connectivity index (χ0v) is 9.89. The predicted molar refractivity (Wildman–Crippen MR) is 57.5 cm³/mol. The van der Waals surface area contributed by atoms with E-state index in [4.69, 9.17) is 5.73 Å². The van der Waals surface area contributed by atoms with Crippen LogP contribution in [-0.2, 0) is 0 Å². The van der Waals surface area contributed by atoms with Gasteiger partial charge in [0.1, 0.15) is 0 Å². The van der Waals surface area contributed by atoms with E-state index in [9.17, 15) is 5.11 Å². The molecule has 13 heavy (non-hydrogen) atoms. The Hall–Kier alpha value is -0.0800. The van der Waals surface area contributed by atoms with Crippen LogP contribution in [0, 0.1) is 10.8 Å². The average Bonchev–Trinajstić information content (AvgIpc) is 1.82. The topological polar surface area (TPSA) is 46.2 Å². The third kappa shape index (κ3) is 4.63. The first-order chi connectivity index (χ1) is 5.55. The van der Waals surface area contributed by atoms with Gasteiger partial charge >= 0.3 is 0 Å². The van der Waals surface area contributed by atoms with Crippen molar-refractivity contribution in [1.29, 1.82) is 0 Å². The van der Waals surface area contributed by atoms with Gasteiger partial charge in [0.15, 0.2) is 0 Å². The van der Waals surface area contributed by atoms with E-state index in [1.54, 1.807) is 0 Å². The normalized spacial score (nSPS) is 18.5. The van der Waals surface area contributed by atoms with Gasteiger partial charge in [0.25, 0.3) is 0 Å². The zero-order chi connectivity index (χ0) is 10.9. The molecule has 3 N–H and O–H groups in total. The molecule has 0 radical (unpaired) electrons. The Morgan fingerprint density at radius 3 is 1.62 bits per heavy atom. The monoisotopic (exact) mass is 187 g/mol. The van der Waals surface area contributed by atoms with Crippen LogP contribution in [0.2, 0.25) is 0 Å². The Morgan fingerprint density at radius 2 is 1.38 bits per heavy atom. The van der Waals surface area contributed by atoms with E-state index in [1.807, 2.05) is 20.8 Å². The summed E-state index contributed by atoms with van der Waals surface area (Å²) in [5, 5.41) is 9.84. The van der Waals surface area contributed by atoms with Gasteiger partial charge in [-0.05, 0) is 17.3 Å². The molecule has 0 saturated heterocycles. The van der Waals surface area contributed by atoms with E-state index >= 15 is 0 Å². The Kier molecular flexibility index (Phi) is 3.95. The molecule has 0 rings (SSSR count). The largest absolute Gasteiger partial charge is 0.393 e. The minimum Gasteiger partial charge on any atom is -0.393 e. The van der Waals surface area contributed by atoms with E-state index in [1.165, 1.54) is 0 Å². The van der Waals surface area contributed by atoms with Crippen LogP contribution in [0.25, 0.3) is 0 Å². The number of rotatable bonds is 2. The minimum atomic E-state index is -0.318. The minimum absolute atomic E-state index is 0.0572. The SMILES string of the molecule is CC(C)(C)[C@H](N)C[C@@H](O)C(C)(C)C. The highest BCUT2D eigenvalue weighted by molar-refractivity contribution is 4.83. The van der Waals surface area contributed by atoms with Gasteiger partial charge < -0.3 is 10.8 Å². The summed E-state index contributed by atoms with van der Waals surface area (Å²) in [6, 6.07) is 0.0572. The third-order valence-electron chi connectivity index (χ3n) is 2.59. The average molecular weight is 187 g/mol. The molecule has 0 spiro atoms. The summed E-state index contributed by atoms with van der Waals surface area (Å²) in [7, 11) is 0. The first-order valence-corrected chi connectivity index (χ1v) is 4.99. The number of nitrogens with two attached hydrogens (primary N) is 1. The molecular weight excluding hydrogens is 162 g/mol. The van der Waals surface area contributed by atoms with Crippen molar-refractivity contribution in [3.05, 3.63) is 0 Å². The maximum absolute atomic E-state index is 9.84. The molecule has 0 unspecified atom stereocenters. The highest BCUT2D eigenvalue weighted by Crippen LogP contribution is 2.27. The van der Waals surface area contributed by atoms with Crippen LogP contribution in [0.15, 0.2) is 0 Å². The van der Waals surface area contributed by atoms with Crippen LogP contribution in [-0.4, -0.2) is 17.3 Å². The van der Waals surface area contributed by atoms with Gasteiger partial charge in [0.05, 0.1) is 6.10 Å². The van der Waals surface area contributed by atoms with Crippen LogP contribution in [0.4, 0.5) is 0 Å². The van der Waals surface area contributed by atoms with Crippen LogP contribution < -0.4 is 5.73 Å². The van der Waals surface area contributed by atoms with Crippen molar-refractivity contribution < 1.29 is 5.11 Å². The fourth-order valence-corrected chi connectivity index (χ4v) is 0.948. The Morgan fingerprint density at radius 1 is 1.00 bits per heavy atom. The molecule has 0 aliphatic heterocycles. The fourth-order valence-electron chi connectivity index (χ4n) is 0.948. The molecule has 0 aromatic rings. The molecule has 2 atom stereocenters. The number of aliphatic hydroxyl groups excluding tert-OH is 1. The van der Waals surface area contributed by atoms with E-state index in [0.717, 1.165) is 0 Å². The highest BCUT2D eigenvalue weighted by Gasteiger charge is 2.29. The van der Waals surface area contributed by atoms with Crippen molar-refractivity contribution in [2.75, 3.05) is 0 Å². The van der Waals surface area contributed by atoms with Gasteiger partial charge in [0.2, 0.25) is 0 Å². The first kappa shape index (κ1) is 12.9. The second-order valence-electron chi connectivity index (χ2n) is 6.09. The van der Waals surface area contributed by atoms with Crippen LogP contribution in [0.1, 0.15) is 48.0 Å². The summed E-state index contributed by atoms with van der Waals surface area (Å²) < 4.78 is 0. The number of hydrogen-bond donors (Lipinski definition) is 2. The van der Waals surface area contributed by atoms with Gasteiger partial charge in [-0.15, -0.1) is 0 Å². The van der Waals surface area contributed by atoms with E-state index in [-0.39, 0.29) is 23.0 Å². The predicted octanol–water partition coefficient (Wildman–Crippen LogP) is 2.16. The molecule has 0 amide bonds. The maximum Gasteiger partial charge on any atom is 0.0603 e. The smallest absolute Gasteiger partial charge is 0.0603 e. The highest BCUT2D eigenvalue weighted by atomic mass is 16.3. The quantitative estimate of drug-likeness (QED) is 0.696. The lowest BCUT2D eigenvalue weighted by Crippen LogP contribution is -2.41. The molecule has 0 saturated carbocycles. The van der Waals surface area contributed by atoms with Gasteiger partial charge in [-0.25, -0.2) is 0 Å². The molecule has 0 bridgehead atoms. The number of hydrogen-bond acceptors (Lipinski definition) is 2. The summed E-state index contributed by atoms with van der Waals surface area (Å²) in [5.74, 6) is 0. The lowest BCUT2D eigenvalue weighted by molar-refractivity contribution is 0.0388.